The van der Waals surface area contributed by atoms with E-state index in [2.05, 4.69) is 20.4 Å². The summed E-state index contributed by atoms with van der Waals surface area (Å²) in [5, 5.41) is 27.1. The van der Waals surface area contributed by atoms with Gasteiger partial charge < -0.3 is 8.83 Å². The summed E-state index contributed by atoms with van der Waals surface area (Å²) in [6.45, 7) is 0. The monoisotopic (exact) mass is 395 g/mol. The van der Waals surface area contributed by atoms with Gasteiger partial charge in [0.1, 0.15) is 0 Å². The third-order valence-electron chi connectivity index (χ3n) is 3.76. The first-order valence-corrected chi connectivity index (χ1v) is 9.22. The molecule has 0 aliphatic heterocycles. The molecule has 0 aliphatic rings. The van der Waals surface area contributed by atoms with Crippen LogP contribution in [0.4, 0.5) is 5.69 Å². The Morgan fingerprint density at radius 1 is 0.893 bits per heavy atom. The number of non-ortho nitro benzene ring substituents is 1. The fraction of sp³-hybridized carbons (Fsp3) is 0.111. The molecule has 9 nitrogen and oxygen atoms in total. The quantitative estimate of drug-likeness (QED) is 0.260. The summed E-state index contributed by atoms with van der Waals surface area (Å²) in [6.07, 6.45) is 0.569. The van der Waals surface area contributed by atoms with Gasteiger partial charge in [0.05, 0.1) is 17.1 Å². The van der Waals surface area contributed by atoms with Crippen molar-refractivity contribution in [3.63, 3.8) is 0 Å². The van der Waals surface area contributed by atoms with Crippen LogP contribution in [0.1, 0.15) is 17.3 Å². The maximum Gasteiger partial charge on any atom is 0.277 e. The van der Waals surface area contributed by atoms with Crippen molar-refractivity contribution < 1.29 is 13.8 Å². The number of hydrogen-bond donors (Lipinski definition) is 0. The van der Waals surface area contributed by atoms with E-state index in [0.717, 1.165) is 5.56 Å². The Morgan fingerprint density at radius 3 is 2.39 bits per heavy atom. The fourth-order valence-corrected chi connectivity index (χ4v) is 3.03. The fourth-order valence-electron chi connectivity index (χ4n) is 2.42. The maximum atomic E-state index is 10.7. The van der Waals surface area contributed by atoms with Crippen molar-refractivity contribution in [2.75, 3.05) is 0 Å². The van der Waals surface area contributed by atoms with Gasteiger partial charge in [0, 0.05) is 17.7 Å². The summed E-state index contributed by atoms with van der Waals surface area (Å²) in [6, 6.07) is 15.8. The molecule has 0 spiro atoms. The second kappa shape index (κ2) is 8.01. The Hall–Kier alpha value is -3.53. The van der Waals surface area contributed by atoms with E-state index in [-0.39, 0.29) is 5.69 Å². The van der Waals surface area contributed by atoms with Crippen molar-refractivity contribution >= 4 is 17.4 Å². The van der Waals surface area contributed by atoms with Gasteiger partial charge in [0.25, 0.3) is 10.9 Å². The van der Waals surface area contributed by atoms with Crippen molar-refractivity contribution in [1.82, 2.24) is 20.4 Å². The molecule has 0 fully saturated rings. The van der Waals surface area contributed by atoms with E-state index in [1.807, 2.05) is 30.3 Å². The van der Waals surface area contributed by atoms with Gasteiger partial charge in [-0.1, -0.05) is 42.1 Å². The molecule has 0 saturated carbocycles. The lowest BCUT2D eigenvalue weighted by Gasteiger charge is -1.95. The molecule has 0 unspecified atom stereocenters. The Morgan fingerprint density at radius 2 is 1.64 bits per heavy atom. The predicted molar refractivity (Wildman–Crippen MR) is 99.5 cm³/mol. The van der Waals surface area contributed by atoms with Gasteiger partial charge in [-0.2, -0.15) is 0 Å². The van der Waals surface area contributed by atoms with E-state index in [1.165, 1.54) is 23.9 Å². The summed E-state index contributed by atoms with van der Waals surface area (Å²) in [5.41, 5.74) is 1.70. The molecule has 4 rings (SSSR count). The van der Waals surface area contributed by atoms with Crippen LogP contribution in [0, 0.1) is 10.1 Å². The number of aromatic nitrogens is 4. The number of benzene rings is 2. The lowest BCUT2D eigenvalue weighted by molar-refractivity contribution is -0.384. The number of nitro benzene ring substituents is 1. The molecule has 2 aromatic carbocycles. The molecule has 140 valence electrons. The highest BCUT2D eigenvalue weighted by molar-refractivity contribution is 7.98. The van der Waals surface area contributed by atoms with E-state index in [1.54, 1.807) is 12.1 Å². The molecule has 0 bridgehead atoms. The van der Waals surface area contributed by atoms with Crippen molar-refractivity contribution in [1.29, 1.82) is 0 Å². The Balaban J connectivity index is 1.36. The summed E-state index contributed by atoms with van der Waals surface area (Å²) < 4.78 is 11.2. The van der Waals surface area contributed by atoms with E-state index < -0.39 is 4.92 Å². The van der Waals surface area contributed by atoms with Crippen LogP contribution in [-0.2, 0) is 12.2 Å². The first-order chi connectivity index (χ1) is 13.7. The van der Waals surface area contributed by atoms with Crippen LogP contribution in [0.5, 0.6) is 0 Å². The van der Waals surface area contributed by atoms with E-state index in [9.17, 15) is 10.1 Å². The SMILES string of the molecule is O=[N+]([O-])c1ccc(-c2nnc(CSc3nnc(Cc4ccccc4)o3)o2)cc1. The van der Waals surface area contributed by atoms with Gasteiger partial charge in [-0.15, -0.1) is 20.4 Å². The number of hydrogen-bond acceptors (Lipinski definition) is 9. The minimum atomic E-state index is -0.462. The van der Waals surface area contributed by atoms with Gasteiger partial charge in [0.15, 0.2) is 0 Å². The molecule has 0 radical (unpaired) electrons. The third kappa shape index (κ3) is 4.23. The predicted octanol–water partition coefficient (Wildman–Crippen LogP) is 3.91. The summed E-state index contributed by atoms with van der Waals surface area (Å²) >= 11 is 1.29. The van der Waals surface area contributed by atoms with Crippen molar-refractivity contribution in [3.8, 4) is 11.5 Å². The first kappa shape index (κ1) is 17.9. The van der Waals surface area contributed by atoms with Gasteiger partial charge in [-0.25, -0.2) is 0 Å². The lowest BCUT2D eigenvalue weighted by atomic mass is 10.2. The molecular formula is C18H13N5O4S. The van der Waals surface area contributed by atoms with Crippen LogP contribution in [0.3, 0.4) is 0 Å². The molecule has 0 aliphatic carbocycles. The van der Waals surface area contributed by atoms with Crippen molar-refractivity contribution in [2.24, 2.45) is 0 Å². The summed E-state index contributed by atoms with van der Waals surface area (Å²) in [5.74, 6) is 1.58. The number of rotatable bonds is 7. The highest BCUT2D eigenvalue weighted by Crippen LogP contribution is 2.25. The second-order valence-electron chi connectivity index (χ2n) is 5.72. The standard InChI is InChI=1S/C18H13N5O4S/c24-23(25)14-8-6-13(7-9-14)17-21-20-16(26-17)11-28-18-22-19-15(27-18)10-12-4-2-1-3-5-12/h1-9H,10-11H2. The normalized spacial score (nSPS) is 10.9. The second-order valence-corrected chi connectivity index (χ2v) is 6.64. The van der Waals surface area contributed by atoms with E-state index >= 15 is 0 Å². The zero-order valence-electron chi connectivity index (χ0n) is 14.4. The molecule has 0 atom stereocenters. The van der Waals surface area contributed by atoms with Crippen LogP contribution in [-0.4, -0.2) is 25.3 Å². The average Bonchev–Trinajstić information content (AvgIpc) is 3.37. The first-order valence-electron chi connectivity index (χ1n) is 8.24. The molecule has 0 amide bonds. The van der Waals surface area contributed by atoms with Gasteiger partial charge >= 0.3 is 0 Å². The van der Waals surface area contributed by atoms with Crippen LogP contribution < -0.4 is 0 Å². The molecule has 28 heavy (non-hydrogen) atoms. The minimum absolute atomic E-state index is 0.00162. The highest BCUT2D eigenvalue weighted by atomic mass is 32.2. The maximum absolute atomic E-state index is 10.7. The van der Waals surface area contributed by atoms with E-state index in [4.69, 9.17) is 8.83 Å². The summed E-state index contributed by atoms with van der Waals surface area (Å²) in [7, 11) is 0. The zero-order valence-corrected chi connectivity index (χ0v) is 15.2. The molecule has 4 aromatic rings. The highest BCUT2D eigenvalue weighted by Gasteiger charge is 2.13. The van der Waals surface area contributed by atoms with Crippen molar-refractivity contribution in [2.45, 2.75) is 17.4 Å². The third-order valence-corrected chi connectivity index (χ3v) is 4.56. The zero-order chi connectivity index (χ0) is 19.3. The molecule has 0 saturated heterocycles. The molecule has 10 heteroatoms. The average molecular weight is 395 g/mol. The van der Waals surface area contributed by atoms with Crippen LogP contribution in [0.25, 0.3) is 11.5 Å². The van der Waals surface area contributed by atoms with Gasteiger partial charge in [-0.05, 0) is 17.7 Å². The van der Waals surface area contributed by atoms with Crippen LogP contribution >= 0.6 is 11.8 Å². The van der Waals surface area contributed by atoms with Crippen molar-refractivity contribution in [3.05, 3.63) is 82.1 Å². The molecule has 0 N–H and O–H groups in total. The Bertz CT molecular complexity index is 1080. The molecule has 2 heterocycles. The van der Waals surface area contributed by atoms with Crippen LogP contribution in [0.2, 0.25) is 0 Å². The Kier molecular flexibility index (Phi) is 5.11. The molecular weight excluding hydrogens is 382 g/mol. The number of thioether (sulfide) groups is 1. The molecule has 2 aromatic heterocycles. The summed E-state index contributed by atoms with van der Waals surface area (Å²) in [4.78, 5) is 10.2. The smallest absolute Gasteiger partial charge is 0.277 e. The topological polar surface area (TPSA) is 121 Å². The van der Waals surface area contributed by atoms with Gasteiger partial charge in [0.2, 0.25) is 17.7 Å². The Labute approximate surface area is 163 Å². The largest absolute Gasteiger partial charge is 0.420 e. The lowest BCUT2D eigenvalue weighted by Crippen LogP contribution is -1.87. The number of nitro groups is 1. The van der Waals surface area contributed by atoms with E-state index in [0.29, 0.717) is 40.6 Å². The van der Waals surface area contributed by atoms with Crippen LogP contribution in [0.15, 0.2) is 68.7 Å². The number of nitrogens with zero attached hydrogens (tertiary/aromatic N) is 5. The minimum Gasteiger partial charge on any atom is -0.420 e. The van der Waals surface area contributed by atoms with Gasteiger partial charge in [-0.3, -0.25) is 10.1 Å².